The van der Waals surface area contributed by atoms with Gasteiger partial charge in [-0.05, 0) is 37.1 Å². The zero-order chi connectivity index (χ0) is 20.9. The molecule has 4 rings (SSSR count). The lowest BCUT2D eigenvalue weighted by Crippen LogP contribution is -2.34. The number of hydrogen-bond donors (Lipinski definition) is 1. The Morgan fingerprint density at radius 2 is 1.97 bits per heavy atom. The third kappa shape index (κ3) is 4.30. The van der Waals surface area contributed by atoms with Gasteiger partial charge < -0.3 is 9.88 Å². The van der Waals surface area contributed by atoms with E-state index in [0.29, 0.717) is 18.7 Å². The van der Waals surface area contributed by atoms with Crippen LogP contribution < -0.4 is 10.9 Å². The highest BCUT2D eigenvalue weighted by molar-refractivity contribution is 5.96. The van der Waals surface area contributed by atoms with Gasteiger partial charge in [0.1, 0.15) is 11.2 Å². The van der Waals surface area contributed by atoms with Crippen molar-refractivity contribution in [3.05, 3.63) is 94.4 Å². The molecule has 0 radical (unpaired) electrons. The Hall–Kier alpha value is -3.74. The van der Waals surface area contributed by atoms with Crippen molar-refractivity contribution >= 4 is 16.9 Å². The van der Waals surface area contributed by atoms with Gasteiger partial charge in [0.05, 0.1) is 12.9 Å². The van der Waals surface area contributed by atoms with E-state index in [9.17, 15) is 9.59 Å². The average Bonchev–Trinajstić information content (AvgIpc) is 3.28. The molecule has 0 fully saturated rings. The van der Waals surface area contributed by atoms with E-state index in [0.717, 1.165) is 29.5 Å². The van der Waals surface area contributed by atoms with Gasteiger partial charge in [-0.3, -0.25) is 14.2 Å². The summed E-state index contributed by atoms with van der Waals surface area (Å²) >= 11 is 0. The van der Waals surface area contributed by atoms with Crippen molar-refractivity contribution in [1.82, 2.24) is 24.4 Å². The number of imidazole rings is 1. The first-order chi connectivity index (χ1) is 14.6. The van der Waals surface area contributed by atoms with E-state index < -0.39 is 0 Å². The molecular formula is C23H23N5O2. The van der Waals surface area contributed by atoms with Gasteiger partial charge in [0.2, 0.25) is 0 Å². The molecular weight excluding hydrogens is 378 g/mol. The van der Waals surface area contributed by atoms with Gasteiger partial charge in [0.25, 0.3) is 11.5 Å². The smallest absolute Gasteiger partial charge is 0.265 e. The van der Waals surface area contributed by atoms with Crippen LogP contribution in [0.2, 0.25) is 0 Å². The van der Waals surface area contributed by atoms with Gasteiger partial charge in [-0.15, -0.1) is 0 Å². The Balaban J connectivity index is 1.58. The van der Waals surface area contributed by atoms with Gasteiger partial charge in [-0.2, -0.15) is 0 Å². The van der Waals surface area contributed by atoms with Crippen LogP contribution in [0.1, 0.15) is 27.9 Å². The number of aryl methyl sites for hydroxylation is 2. The highest BCUT2D eigenvalue weighted by Crippen LogP contribution is 2.13. The molecule has 0 unspecified atom stereocenters. The molecule has 0 atom stereocenters. The maximum absolute atomic E-state index is 13.2. The number of benzene rings is 1. The maximum atomic E-state index is 13.2. The van der Waals surface area contributed by atoms with E-state index in [1.165, 1.54) is 0 Å². The number of fused-ring (bicyclic) bond motifs is 1. The number of pyridine rings is 2. The minimum atomic E-state index is -0.367. The fraction of sp³-hybridized carbons (Fsp3) is 0.217. The standard InChI is InChI=1S/C23H23N5O2/c1-17-5-7-18(8-6-17)15-28-21-19(4-2-9-25-21)14-20(23(28)30)22(29)26-10-3-12-27-13-11-24-16-27/h2,4-9,11,13-14,16H,3,10,12,15H2,1H3,(H,26,29). The van der Waals surface area contributed by atoms with Crippen molar-refractivity contribution in [3.8, 4) is 0 Å². The van der Waals surface area contributed by atoms with Crippen molar-refractivity contribution in [2.75, 3.05) is 6.54 Å². The number of hydrogen-bond acceptors (Lipinski definition) is 4. The molecule has 0 aliphatic rings. The minimum Gasteiger partial charge on any atom is -0.352 e. The van der Waals surface area contributed by atoms with Gasteiger partial charge in [-0.1, -0.05) is 29.8 Å². The molecule has 0 spiro atoms. The number of carbonyl (C=O) groups is 1. The van der Waals surface area contributed by atoms with Crippen molar-refractivity contribution in [2.24, 2.45) is 0 Å². The normalized spacial score (nSPS) is 11.0. The number of nitrogens with zero attached hydrogens (tertiary/aromatic N) is 4. The molecule has 1 aromatic carbocycles. The molecule has 7 heteroatoms. The molecule has 3 aromatic heterocycles. The lowest BCUT2D eigenvalue weighted by atomic mass is 10.1. The van der Waals surface area contributed by atoms with Gasteiger partial charge >= 0.3 is 0 Å². The monoisotopic (exact) mass is 401 g/mol. The summed E-state index contributed by atoms with van der Waals surface area (Å²) in [5.41, 5.74) is 2.49. The van der Waals surface area contributed by atoms with Crippen LogP contribution in [-0.2, 0) is 13.1 Å². The molecule has 0 bridgehead atoms. The van der Waals surface area contributed by atoms with Crippen molar-refractivity contribution in [1.29, 1.82) is 0 Å². The lowest BCUT2D eigenvalue weighted by molar-refractivity contribution is 0.0951. The highest BCUT2D eigenvalue weighted by Gasteiger charge is 2.16. The summed E-state index contributed by atoms with van der Waals surface area (Å²) in [4.78, 5) is 34.3. The predicted molar refractivity (Wildman–Crippen MR) is 115 cm³/mol. The van der Waals surface area contributed by atoms with Crippen LogP contribution in [0, 0.1) is 6.92 Å². The Bertz CT molecular complexity index is 1210. The summed E-state index contributed by atoms with van der Waals surface area (Å²) in [6.07, 6.45) is 7.74. The Morgan fingerprint density at radius 3 is 2.73 bits per heavy atom. The topological polar surface area (TPSA) is 81.8 Å². The average molecular weight is 401 g/mol. The molecule has 1 amide bonds. The Kier molecular flexibility index (Phi) is 5.70. The lowest BCUT2D eigenvalue weighted by Gasteiger charge is -2.13. The van der Waals surface area contributed by atoms with E-state index in [-0.39, 0.29) is 17.0 Å². The summed E-state index contributed by atoms with van der Waals surface area (Å²) in [6.45, 7) is 3.60. The summed E-state index contributed by atoms with van der Waals surface area (Å²) < 4.78 is 3.52. The van der Waals surface area contributed by atoms with Crippen molar-refractivity contribution in [2.45, 2.75) is 26.4 Å². The number of nitrogens with one attached hydrogen (secondary N) is 1. The van der Waals surface area contributed by atoms with Crippen LogP contribution in [0.5, 0.6) is 0 Å². The second kappa shape index (κ2) is 8.73. The summed E-state index contributed by atoms with van der Waals surface area (Å²) in [7, 11) is 0. The summed E-state index contributed by atoms with van der Waals surface area (Å²) in [6, 6.07) is 13.3. The molecule has 0 saturated heterocycles. The highest BCUT2D eigenvalue weighted by atomic mass is 16.2. The Labute approximate surface area is 174 Å². The van der Waals surface area contributed by atoms with E-state index in [1.54, 1.807) is 35.4 Å². The molecule has 0 aliphatic carbocycles. The van der Waals surface area contributed by atoms with E-state index in [4.69, 9.17) is 0 Å². The SMILES string of the molecule is Cc1ccc(Cn2c(=O)c(C(=O)NCCCn3ccnc3)cc3cccnc32)cc1. The van der Waals surface area contributed by atoms with E-state index in [2.05, 4.69) is 15.3 Å². The molecule has 4 aromatic rings. The quantitative estimate of drug-likeness (QED) is 0.483. The van der Waals surface area contributed by atoms with Crippen LogP contribution >= 0.6 is 0 Å². The number of aromatic nitrogens is 4. The Morgan fingerprint density at radius 1 is 1.13 bits per heavy atom. The van der Waals surface area contributed by atoms with Crippen LogP contribution in [0.15, 0.2) is 72.2 Å². The first-order valence-corrected chi connectivity index (χ1v) is 9.90. The zero-order valence-corrected chi connectivity index (χ0v) is 16.8. The second-order valence-electron chi connectivity index (χ2n) is 7.26. The van der Waals surface area contributed by atoms with Crippen LogP contribution in [-0.4, -0.2) is 31.6 Å². The summed E-state index contributed by atoms with van der Waals surface area (Å²) in [5.74, 6) is -0.367. The number of amides is 1. The van der Waals surface area contributed by atoms with Gasteiger partial charge in [-0.25, -0.2) is 9.97 Å². The third-order valence-electron chi connectivity index (χ3n) is 4.99. The maximum Gasteiger partial charge on any atom is 0.265 e. The number of rotatable bonds is 7. The first kappa shape index (κ1) is 19.6. The first-order valence-electron chi connectivity index (χ1n) is 9.90. The van der Waals surface area contributed by atoms with Crippen LogP contribution in [0.4, 0.5) is 0 Å². The molecule has 7 nitrogen and oxygen atoms in total. The largest absolute Gasteiger partial charge is 0.352 e. The molecule has 3 heterocycles. The number of carbonyl (C=O) groups excluding carboxylic acids is 1. The van der Waals surface area contributed by atoms with Gasteiger partial charge in [0, 0.05) is 37.1 Å². The molecule has 1 N–H and O–H groups in total. The fourth-order valence-electron chi connectivity index (χ4n) is 3.37. The molecule has 0 aliphatic heterocycles. The van der Waals surface area contributed by atoms with E-state index in [1.807, 2.05) is 48.0 Å². The molecule has 152 valence electrons. The van der Waals surface area contributed by atoms with Crippen LogP contribution in [0.3, 0.4) is 0 Å². The van der Waals surface area contributed by atoms with Crippen molar-refractivity contribution < 1.29 is 4.79 Å². The zero-order valence-electron chi connectivity index (χ0n) is 16.8. The van der Waals surface area contributed by atoms with Gasteiger partial charge in [0.15, 0.2) is 0 Å². The second-order valence-corrected chi connectivity index (χ2v) is 7.26. The van der Waals surface area contributed by atoms with E-state index >= 15 is 0 Å². The molecule has 0 saturated carbocycles. The predicted octanol–water partition coefficient (Wildman–Crippen LogP) is 2.77. The summed E-state index contributed by atoms with van der Waals surface area (Å²) in [5, 5.41) is 3.62. The fourth-order valence-corrected chi connectivity index (χ4v) is 3.37. The molecule has 30 heavy (non-hydrogen) atoms. The minimum absolute atomic E-state index is 0.130. The van der Waals surface area contributed by atoms with Crippen LogP contribution in [0.25, 0.3) is 11.0 Å². The van der Waals surface area contributed by atoms with Crippen molar-refractivity contribution in [3.63, 3.8) is 0 Å². The third-order valence-corrected chi connectivity index (χ3v) is 4.99.